The van der Waals surface area contributed by atoms with Crippen molar-refractivity contribution in [2.24, 2.45) is 0 Å². The van der Waals surface area contributed by atoms with E-state index in [0.717, 1.165) is 5.56 Å². The largest absolute Gasteiger partial charge is 0.875 e. The van der Waals surface area contributed by atoms with Crippen LogP contribution in [0.1, 0.15) is 18.1 Å². The molecule has 108 valence electrons. The Kier molecular flexibility index (Phi) is 5.16. The van der Waals surface area contributed by atoms with Gasteiger partial charge in [-0.3, -0.25) is 0 Å². The fourth-order valence-electron chi connectivity index (χ4n) is 2.07. The lowest BCUT2D eigenvalue weighted by atomic mass is 10.0. The average molecular weight is 281 g/mol. The van der Waals surface area contributed by atoms with Gasteiger partial charge in [0.2, 0.25) is 0 Å². The third-order valence-corrected chi connectivity index (χ3v) is 3.03. The predicted octanol–water partition coefficient (Wildman–Crippen LogP) is 2.56. The second-order valence-electron chi connectivity index (χ2n) is 4.55. The standard InChI is InChI=1S/C18H18O3/c1-2-21-18(20)17(15-11-7-4-8-12-15)16(19)13-14-9-5-3-6-10-14/h3-12,19H,2,13H2,1H3/p-1/b17-16-. The summed E-state index contributed by atoms with van der Waals surface area (Å²) in [5, 5.41) is 12.5. The fourth-order valence-corrected chi connectivity index (χ4v) is 2.07. The van der Waals surface area contributed by atoms with Crippen molar-refractivity contribution in [2.75, 3.05) is 6.61 Å². The van der Waals surface area contributed by atoms with E-state index in [1.165, 1.54) is 0 Å². The summed E-state index contributed by atoms with van der Waals surface area (Å²) in [4.78, 5) is 12.1. The molecule has 0 amide bonds. The molecular formula is C18H17O3-. The van der Waals surface area contributed by atoms with E-state index in [0.29, 0.717) is 5.56 Å². The van der Waals surface area contributed by atoms with Crippen LogP contribution in [-0.4, -0.2) is 12.6 Å². The Hall–Kier alpha value is -2.55. The highest BCUT2D eigenvalue weighted by Gasteiger charge is 2.14. The van der Waals surface area contributed by atoms with Gasteiger partial charge in [0.15, 0.2) is 0 Å². The Labute approximate surface area is 124 Å². The molecule has 0 aliphatic carbocycles. The molecule has 0 radical (unpaired) electrons. The minimum atomic E-state index is -0.565. The van der Waals surface area contributed by atoms with Gasteiger partial charge in [0, 0.05) is 0 Å². The van der Waals surface area contributed by atoms with Crippen LogP contribution in [0.2, 0.25) is 0 Å². The average Bonchev–Trinajstić information content (AvgIpc) is 2.50. The summed E-state index contributed by atoms with van der Waals surface area (Å²) in [5.41, 5.74) is 1.58. The maximum Gasteiger partial charge on any atom is 0.337 e. The number of ether oxygens (including phenoxy) is 1. The number of benzene rings is 2. The van der Waals surface area contributed by atoms with Crippen LogP contribution in [0.5, 0.6) is 0 Å². The van der Waals surface area contributed by atoms with Crippen molar-refractivity contribution in [3.05, 3.63) is 77.5 Å². The van der Waals surface area contributed by atoms with E-state index in [4.69, 9.17) is 4.74 Å². The van der Waals surface area contributed by atoms with Gasteiger partial charge in [-0.05, 0) is 24.5 Å². The van der Waals surface area contributed by atoms with Crippen LogP contribution in [0.25, 0.3) is 5.57 Å². The monoisotopic (exact) mass is 281 g/mol. The molecule has 0 aliphatic rings. The van der Waals surface area contributed by atoms with Crippen molar-refractivity contribution in [2.45, 2.75) is 13.3 Å². The molecule has 0 bridgehead atoms. The molecule has 0 saturated carbocycles. The highest BCUT2D eigenvalue weighted by molar-refractivity contribution is 6.17. The van der Waals surface area contributed by atoms with E-state index in [1.54, 1.807) is 31.2 Å². The van der Waals surface area contributed by atoms with Crippen LogP contribution in [0.3, 0.4) is 0 Å². The first kappa shape index (κ1) is 14.9. The normalized spacial score (nSPS) is 11.7. The number of hydrogen-bond acceptors (Lipinski definition) is 3. The number of carbonyl (C=O) groups excluding carboxylic acids is 1. The van der Waals surface area contributed by atoms with Crippen LogP contribution < -0.4 is 5.11 Å². The maximum absolute atomic E-state index is 12.5. The van der Waals surface area contributed by atoms with Crippen molar-refractivity contribution in [1.29, 1.82) is 0 Å². The van der Waals surface area contributed by atoms with Gasteiger partial charge in [-0.1, -0.05) is 60.7 Å². The highest BCUT2D eigenvalue weighted by atomic mass is 16.5. The lowest BCUT2D eigenvalue weighted by Gasteiger charge is -2.19. The summed E-state index contributed by atoms with van der Waals surface area (Å²) in [6.45, 7) is 1.97. The lowest BCUT2D eigenvalue weighted by Crippen LogP contribution is -2.17. The molecule has 0 atom stereocenters. The van der Waals surface area contributed by atoms with Gasteiger partial charge in [-0.15, -0.1) is 5.76 Å². The molecule has 2 aromatic rings. The summed E-state index contributed by atoms with van der Waals surface area (Å²) in [6.07, 6.45) is 0.184. The zero-order valence-electron chi connectivity index (χ0n) is 11.9. The summed E-state index contributed by atoms with van der Waals surface area (Å²) in [6, 6.07) is 18.3. The molecule has 0 saturated heterocycles. The number of hydrogen-bond donors (Lipinski definition) is 0. The third-order valence-electron chi connectivity index (χ3n) is 3.03. The predicted molar refractivity (Wildman–Crippen MR) is 80.1 cm³/mol. The molecule has 0 heterocycles. The van der Waals surface area contributed by atoms with E-state index in [9.17, 15) is 9.90 Å². The molecule has 0 aromatic heterocycles. The summed E-state index contributed by atoms with van der Waals surface area (Å²) in [5.74, 6) is -0.796. The Morgan fingerprint density at radius 3 is 2.14 bits per heavy atom. The van der Waals surface area contributed by atoms with Crippen LogP contribution in [0, 0.1) is 0 Å². The van der Waals surface area contributed by atoms with Crippen LogP contribution in [0.4, 0.5) is 0 Å². The van der Waals surface area contributed by atoms with E-state index in [-0.39, 0.29) is 24.4 Å². The van der Waals surface area contributed by atoms with Gasteiger partial charge in [0.1, 0.15) is 0 Å². The zero-order valence-corrected chi connectivity index (χ0v) is 11.9. The molecule has 21 heavy (non-hydrogen) atoms. The SMILES string of the molecule is CCOC(=O)/C(=C(\[O-])Cc1ccccc1)c1ccccc1. The fraction of sp³-hybridized carbons (Fsp3) is 0.167. The van der Waals surface area contributed by atoms with Gasteiger partial charge in [0.05, 0.1) is 12.2 Å². The summed E-state index contributed by atoms with van der Waals surface area (Å²) in [7, 11) is 0. The molecule has 0 unspecified atom stereocenters. The Morgan fingerprint density at radius 2 is 1.57 bits per heavy atom. The molecule has 0 N–H and O–H groups in total. The molecule has 2 rings (SSSR count). The topological polar surface area (TPSA) is 49.4 Å². The van der Waals surface area contributed by atoms with Gasteiger partial charge in [-0.25, -0.2) is 4.79 Å². The smallest absolute Gasteiger partial charge is 0.337 e. The number of rotatable bonds is 5. The summed E-state index contributed by atoms with van der Waals surface area (Å²) >= 11 is 0. The van der Waals surface area contributed by atoms with Gasteiger partial charge < -0.3 is 9.84 Å². The second-order valence-corrected chi connectivity index (χ2v) is 4.55. The van der Waals surface area contributed by atoms with Crippen molar-refractivity contribution in [1.82, 2.24) is 0 Å². The Balaban J connectivity index is 2.38. The Morgan fingerprint density at radius 1 is 1.00 bits per heavy atom. The first-order valence-electron chi connectivity index (χ1n) is 6.89. The minimum absolute atomic E-state index is 0.112. The zero-order chi connectivity index (χ0) is 15.1. The second kappa shape index (κ2) is 7.29. The van der Waals surface area contributed by atoms with E-state index in [1.807, 2.05) is 36.4 Å². The van der Waals surface area contributed by atoms with Crippen LogP contribution in [-0.2, 0) is 16.0 Å². The van der Waals surface area contributed by atoms with Gasteiger partial charge >= 0.3 is 5.97 Å². The minimum Gasteiger partial charge on any atom is -0.875 e. The van der Waals surface area contributed by atoms with E-state index >= 15 is 0 Å². The van der Waals surface area contributed by atoms with Crippen LogP contribution in [0.15, 0.2) is 66.4 Å². The number of carbonyl (C=O) groups is 1. The molecule has 3 heteroatoms. The highest BCUT2D eigenvalue weighted by Crippen LogP contribution is 2.20. The van der Waals surface area contributed by atoms with Crippen LogP contribution >= 0.6 is 0 Å². The maximum atomic E-state index is 12.5. The van der Waals surface area contributed by atoms with Crippen molar-refractivity contribution < 1.29 is 14.6 Å². The molecule has 0 spiro atoms. The van der Waals surface area contributed by atoms with E-state index < -0.39 is 5.97 Å². The quantitative estimate of drug-likeness (QED) is 0.481. The number of allylic oxidation sites excluding steroid dienone is 1. The number of esters is 1. The van der Waals surface area contributed by atoms with Crippen molar-refractivity contribution >= 4 is 11.5 Å². The first-order chi connectivity index (χ1) is 10.2. The molecule has 0 fully saturated rings. The Bertz CT molecular complexity index is 615. The molecule has 3 nitrogen and oxygen atoms in total. The van der Waals surface area contributed by atoms with E-state index in [2.05, 4.69) is 0 Å². The lowest BCUT2D eigenvalue weighted by molar-refractivity contribution is -0.304. The molecular weight excluding hydrogens is 264 g/mol. The first-order valence-corrected chi connectivity index (χ1v) is 6.89. The van der Waals surface area contributed by atoms with Crippen molar-refractivity contribution in [3.63, 3.8) is 0 Å². The molecule has 0 aliphatic heterocycles. The summed E-state index contributed by atoms with van der Waals surface area (Å²) < 4.78 is 5.02. The van der Waals surface area contributed by atoms with Crippen molar-refractivity contribution in [3.8, 4) is 0 Å². The third kappa shape index (κ3) is 3.96. The molecule has 2 aromatic carbocycles. The van der Waals surface area contributed by atoms with Gasteiger partial charge in [-0.2, -0.15) is 0 Å². The van der Waals surface area contributed by atoms with Gasteiger partial charge in [0.25, 0.3) is 0 Å².